The first-order valence-electron chi connectivity index (χ1n) is 6.94. The van der Waals surface area contributed by atoms with Gasteiger partial charge in [-0.05, 0) is 24.6 Å². The summed E-state index contributed by atoms with van der Waals surface area (Å²) in [5, 5.41) is 22.2. The summed E-state index contributed by atoms with van der Waals surface area (Å²) in [6, 6.07) is 8.19. The average molecular weight is 322 g/mol. The molecule has 0 bridgehead atoms. The van der Waals surface area contributed by atoms with Crippen molar-refractivity contribution in [1.82, 2.24) is 14.8 Å². The second-order valence-corrected chi connectivity index (χ2v) is 5.14. The maximum atomic E-state index is 13.7. The number of nitriles is 1. The van der Waals surface area contributed by atoms with Crippen LogP contribution >= 0.6 is 0 Å². The van der Waals surface area contributed by atoms with Gasteiger partial charge in [0.05, 0.1) is 34.9 Å². The Balaban J connectivity index is 2.06. The Morgan fingerprint density at radius 3 is 2.75 bits per heavy atom. The summed E-state index contributed by atoms with van der Waals surface area (Å²) in [4.78, 5) is 15.1. The molecule has 0 spiro atoms. The predicted molar refractivity (Wildman–Crippen MR) is 83.2 cm³/mol. The highest BCUT2D eigenvalue weighted by atomic mass is 19.1. The molecule has 0 amide bonds. The first-order chi connectivity index (χ1) is 11.5. The third-order valence-electron chi connectivity index (χ3n) is 3.53. The van der Waals surface area contributed by atoms with Crippen LogP contribution in [-0.4, -0.2) is 25.8 Å². The van der Waals surface area contributed by atoms with Crippen molar-refractivity contribution in [1.29, 1.82) is 5.26 Å². The third kappa shape index (κ3) is 2.73. The van der Waals surface area contributed by atoms with Crippen molar-refractivity contribution in [2.45, 2.75) is 6.92 Å². The van der Waals surface area contributed by atoms with Gasteiger partial charge in [0.1, 0.15) is 11.9 Å². The zero-order chi connectivity index (χ0) is 17.3. The van der Waals surface area contributed by atoms with Gasteiger partial charge in [0.2, 0.25) is 0 Å². The minimum Gasteiger partial charge on any atom is -0.478 e. The summed E-state index contributed by atoms with van der Waals surface area (Å²) in [6.07, 6.45) is 3.98. The molecule has 0 saturated carbocycles. The monoisotopic (exact) mass is 322 g/mol. The summed E-state index contributed by atoms with van der Waals surface area (Å²) < 4.78 is 15.1. The molecule has 0 aliphatic carbocycles. The highest BCUT2D eigenvalue weighted by molar-refractivity contribution is 5.87. The Morgan fingerprint density at radius 2 is 2.12 bits per heavy atom. The van der Waals surface area contributed by atoms with E-state index >= 15 is 0 Å². The predicted octanol–water partition coefficient (Wildman–Crippen LogP) is 2.95. The number of halogens is 1. The van der Waals surface area contributed by atoms with E-state index in [4.69, 9.17) is 5.11 Å². The zero-order valence-electron chi connectivity index (χ0n) is 12.6. The summed E-state index contributed by atoms with van der Waals surface area (Å²) in [5.41, 5.74) is 2.06. The lowest BCUT2D eigenvalue weighted by Crippen LogP contribution is -1.99. The normalized spacial score (nSPS) is 10.4. The van der Waals surface area contributed by atoms with Crippen LogP contribution in [0, 0.1) is 24.1 Å². The molecule has 7 heteroatoms. The molecule has 0 aliphatic rings. The lowest BCUT2D eigenvalue weighted by molar-refractivity contribution is 0.0697. The molecule has 3 aromatic rings. The zero-order valence-corrected chi connectivity index (χ0v) is 12.6. The molecule has 1 N–H and O–H groups in total. The van der Waals surface area contributed by atoms with Crippen molar-refractivity contribution in [3.05, 3.63) is 65.4 Å². The molecular weight excluding hydrogens is 311 g/mol. The van der Waals surface area contributed by atoms with Crippen molar-refractivity contribution in [2.24, 2.45) is 0 Å². The molecule has 0 aliphatic heterocycles. The lowest BCUT2D eigenvalue weighted by Gasteiger charge is -2.07. The Kier molecular flexibility index (Phi) is 3.80. The van der Waals surface area contributed by atoms with E-state index in [0.717, 1.165) is 0 Å². The second-order valence-electron chi connectivity index (χ2n) is 5.14. The molecule has 2 heterocycles. The maximum absolute atomic E-state index is 13.7. The van der Waals surface area contributed by atoms with Gasteiger partial charge in [0.25, 0.3) is 0 Å². The van der Waals surface area contributed by atoms with Crippen LogP contribution in [0.3, 0.4) is 0 Å². The number of pyridine rings is 1. The number of benzene rings is 1. The first-order valence-corrected chi connectivity index (χ1v) is 6.94. The topological polar surface area (TPSA) is 91.8 Å². The Morgan fingerprint density at radius 1 is 1.33 bits per heavy atom. The molecule has 0 unspecified atom stereocenters. The van der Waals surface area contributed by atoms with Gasteiger partial charge in [-0.3, -0.25) is 4.98 Å². The fourth-order valence-electron chi connectivity index (χ4n) is 2.21. The van der Waals surface area contributed by atoms with Crippen LogP contribution in [0.4, 0.5) is 4.39 Å². The SMILES string of the molecule is Cc1ccc(-c2ncc(-n3cc(C(=O)O)cn3)cc2C#N)cc1F. The molecular formula is C17H11FN4O2. The highest BCUT2D eigenvalue weighted by Crippen LogP contribution is 2.24. The first kappa shape index (κ1) is 15.4. The Labute approximate surface area is 136 Å². The molecule has 6 nitrogen and oxygen atoms in total. The van der Waals surface area contributed by atoms with Crippen LogP contribution < -0.4 is 0 Å². The van der Waals surface area contributed by atoms with Crippen LogP contribution in [0.5, 0.6) is 0 Å². The summed E-state index contributed by atoms with van der Waals surface area (Å²) >= 11 is 0. The molecule has 1 aromatic carbocycles. The minimum absolute atomic E-state index is 0.0261. The van der Waals surface area contributed by atoms with Gasteiger partial charge in [-0.25, -0.2) is 13.9 Å². The van der Waals surface area contributed by atoms with E-state index in [1.54, 1.807) is 19.1 Å². The van der Waals surface area contributed by atoms with Crippen LogP contribution in [0.2, 0.25) is 0 Å². The number of rotatable bonds is 3. The fraction of sp³-hybridized carbons (Fsp3) is 0.0588. The van der Waals surface area contributed by atoms with Gasteiger partial charge in [-0.2, -0.15) is 10.4 Å². The van der Waals surface area contributed by atoms with E-state index < -0.39 is 5.97 Å². The molecule has 118 valence electrons. The summed E-state index contributed by atoms with van der Waals surface area (Å²) in [6.45, 7) is 1.65. The summed E-state index contributed by atoms with van der Waals surface area (Å²) in [7, 11) is 0. The largest absolute Gasteiger partial charge is 0.478 e. The number of aromatic carboxylic acids is 1. The molecule has 0 radical (unpaired) electrons. The maximum Gasteiger partial charge on any atom is 0.338 e. The standard InChI is InChI=1S/C17H11FN4O2/c1-10-2-3-11(5-15(10)18)16-12(6-19)4-14(8-20-16)22-9-13(7-21-22)17(23)24/h2-5,7-9H,1H3,(H,23,24). The van der Waals surface area contributed by atoms with Crippen LogP contribution in [0.15, 0.2) is 42.9 Å². The second kappa shape index (κ2) is 5.93. The fourth-order valence-corrected chi connectivity index (χ4v) is 2.21. The van der Waals surface area contributed by atoms with Crippen molar-refractivity contribution >= 4 is 5.97 Å². The minimum atomic E-state index is -1.10. The van der Waals surface area contributed by atoms with Gasteiger partial charge in [-0.15, -0.1) is 0 Å². The number of hydrogen-bond acceptors (Lipinski definition) is 4. The van der Waals surface area contributed by atoms with E-state index in [1.165, 1.54) is 35.4 Å². The molecule has 0 atom stereocenters. The number of carbonyl (C=O) groups is 1. The molecule has 2 aromatic heterocycles. The number of aryl methyl sites for hydroxylation is 1. The van der Waals surface area contributed by atoms with E-state index in [9.17, 15) is 14.4 Å². The molecule has 0 fully saturated rings. The molecule has 0 saturated heterocycles. The number of carboxylic acid groups (broad SMARTS) is 1. The van der Waals surface area contributed by atoms with E-state index in [-0.39, 0.29) is 16.9 Å². The van der Waals surface area contributed by atoms with Crippen molar-refractivity contribution in [2.75, 3.05) is 0 Å². The number of carboxylic acids is 1. The van der Waals surface area contributed by atoms with E-state index in [1.807, 2.05) is 6.07 Å². The quantitative estimate of drug-likeness (QED) is 0.800. The smallest absolute Gasteiger partial charge is 0.338 e. The summed E-state index contributed by atoms with van der Waals surface area (Å²) in [5.74, 6) is -1.47. The van der Waals surface area contributed by atoms with Gasteiger partial charge in [-0.1, -0.05) is 12.1 Å². The van der Waals surface area contributed by atoms with Gasteiger partial charge >= 0.3 is 5.97 Å². The number of aromatic nitrogens is 3. The van der Waals surface area contributed by atoms with Gasteiger partial charge < -0.3 is 5.11 Å². The average Bonchev–Trinajstić information content (AvgIpc) is 3.07. The van der Waals surface area contributed by atoms with E-state index in [0.29, 0.717) is 22.5 Å². The van der Waals surface area contributed by atoms with Gasteiger partial charge in [0.15, 0.2) is 0 Å². The lowest BCUT2D eigenvalue weighted by atomic mass is 10.0. The van der Waals surface area contributed by atoms with Crippen LogP contribution in [0.1, 0.15) is 21.5 Å². The number of hydrogen-bond donors (Lipinski definition) is 1. The molecule has 3 rings (SSSR count). The van der Waals surface area contributed by atoms with Gasteiger partial charge in [0, 0.05) is 11.8 Å². The third-order valence-corrected chi connectivity index (χ3v) is 3.53. The molecule has 24 heavy (non-hydrogen) atoms. The van der Waals surface area contributed by atoms with Crippen molar-refractivity contribution < 1.29 is 14.3 Å². The highest BCUT2D eigenvalue weighted by Gasteiger charge is 2.12. The number of nitrogens with zero attached hydrogens (tertiary/aromatic N) is 4. The van der Waals surface area contributed by atoms with Crippen molar-refractivity contribution in [3.63, 3.8) is 0 Å². The van der Waals surface area contributed by atoms with Crippen LogP contribution in [-0.2, 0) is 0 Å². The Bertz CT molecular complexity index is 988. The van der Waals surface area contributed by atoms with E-state index in [2.05, 4.69) is 10.1 Å². The van der Waals surface area contributed by atoms with Crippen LogP contribution in [0.25, 0.3) is 16.9 Å². The van der Waals surface area contributed by atoms with Crippen molar-refractivity contribution in [3.8, 4) is 23.0 Å². The Hall–Kier alpha value is -3.53.